The number of anilines is 3. The topological polar surface area (TPSA) is 26.6 Å². The van der Waals surface area contributed by atoms with Crippen molar-refractivity contribution in [1.29, 1.82) is 0 Å². The highest BCUT2D eigenvalue weighted by Gasteiger charge is 2.52. The van der Waals surface area contributed by atoms with Crippen LogP contribution < -0.4 is 14.4 Å². The predicted molar refractivity (Wildman–Crippen MR) is 238 cm³/mol. The van der Waals surface area contributed by atoms with Gasteiger partial charge in [0.1, 0.15) is 0 Å². The maximum absolute atomic E-state index is 6.97. The highest BCUT2D eigenvalue weighted by Crippen LogP contribution is 2.64. The van der Waals surface area contributed by atoms with Crippen LogP contribution in [-0.2, 0) is 11.8 Å². The van der Waals surface area contributed by atoms with E-state index in [0.717, 1.165) is 41.3 Å². The normalized spacial score (nSPS) is 14.3. The van der Waals surface area contributed by atoms with Gasteiger partial charge >= 0.3 is 0 Å². The van der Waals surface area contributed by atoms with E-state index in [-0.39, 0.29) is 0 Å². The first kappa shape index (κ1) is 32.5. The van der Waals surface area contributed by atoms with E-state index in [4.69, 9.17) is 9.47 Å². The summed E-state index contributed by atoms with van der Waals surface area (Å²) in [6.45, 7) is 0. The number of para-hydroxylation sites is 2. The molecule has 278 valence electrons. The zero-order chi connectivity index (χ0) is 38.7. The molecule has 0 radical (unpaired) electrons. The van der Waals surface area contributed by atoms with Gasteiger partial charge in [0.2, 0.25) is 0 Å². The Morgan fingerprint density at radius 2 is 1.07 bits per heavy atom. The monoisotopic (exact) mass is 756 g/mol. The van der Waals surface area contributed by atoms with Gasteiger partial charge in [-0.3, -0.25) is 0 Å². The molecule has 13 rings (SSSR count). The molecule has 0 unspecified atom stereocenters. The largest absolute Gasteiger partial charge is 0.449 e. The van der Waals surface area contributed by atoms with Gasteiger partial charge in [-0.05, 0) is 130 Å². The molecule has 0 atom stereocenters. The van der Waals surface area contributed by atoms with E-state index < -0.39 is 5.41 Å². The Kier molecular flexibility index (Phi) is 6.74. The minimum Gasteiger partial charge on any atom is -0.449 e. The fourth-order valence-electron chi connectivity index (χ4n) is 10.6. The molecule has 4 nitrogen and oxygen atoms in total. The minimum absolute atomic E-state index is 0.463. The second-order valence-corrected chi connectivity index (χ2v) is 15.9. The molecule has 9 aromatic rings. The summed E-state index contributed by atoms with van der Waals surface area (Å²) in [5.74, 6) is 2.81. The Hall–Kier alpha value is -7.56. The number of hydrogen-bond acceptors (Lipinski definition) is 3. The fraction of sp³-hybridized carbons (Fsp3) is 0.0545. The van der Waals surface area contributed by atoms with Crippen LogP contribution in [0.2, 0.25) is 0 Å². The summed E-state index contributed by atoms with van der Waals surface area (Å²) in [4.78, 5) is 2.30. The zero-order valence-electron chi connectivity index (χ0n) is 32.1. The fourth-order valence-corrected chi connectivity index (χ4v) is 10.6. The molecule has 4 heteroatoms. The van der Waals surface area contributed by atoms with Gasteiger partial charge in [0.05, 0.1) is 16.6 Å². The predicted octanol–water partition coefficient (Wildman–Crippen LogP) is 14.3. The summed E-state index contributed by atoms with van der Waals surface area (Å²) in [6.07, 6.45) is 6.70. The van der Waals surface area contributed by atoms with Crippen LogP contribution in [0.1, 0.15) is 39.9 Å². The van der Waals surface area contributed by atoms with E-state index in [1.54, 1.807) is 0 Å². The summed E-state index contributed by atoms with van der Waals surface area (Å²) in [5, 5.41) is 1.33. The molecule has 0 N–H and O–H groups in total. The van der Waals surface area contributed by atoms with Crippen LogP contribution in [0.4, 0.5) is 17.1 Å². The summed E-state index contributed by atoms with van der Waals surface area (Å²) in [6, 6.07) is 65.6. The molecule has 0 amide bonds. The van der Waals surface area contributed by atoms with E-state index in [0.29, 0.717) is 17.2 Å². The first-order valence-electron chi connectivity index (χ1n) is 20.5. The number of nitrogens with zero attached hydrogens (tertiary/aromatic N) is 2. The summed E-state index contributed by atoms with van der Waals surface area (Å²) in [7, 11) is 0. The van der Waals surface area contributed by atoms with Gasteiger partial charge in [-0.15, -0.1) is 0 Å². The van der Waals surface area contributed by atoms with Crippen molar-refractivity contribution >= 4 is 34.0 Å². The van der Waals surface area contributed by atoms with Gasteiger partial charge in [0.15, 0.2) is 23.0 Å². The lowest BCUT2D eigenvalue weighted by molar-refractivity contribution is 0.359. The maximum atomic E-state index is 6.97. The van der Waals surface area contributed by atoms with Crippen molar-refractivity contribution in [2.24, 2.45) is 0 Å². The molecule has 1 spiro atoms. The van der Waals surface area contributed by atoms with Gasteiger partial charge in [-0.2, -0.15) is 0 Å². The third-order valence-corrected chi connectivity index (χ3v) is 12.9. The van der Waals surface area contributed by atoms with E-state index in [9.17, 15) is 0 Å². The average Bonchev–Trinajstić information content (AvgIpc) is 3.90. The lowest BCUT2D eigenvalue weighted by Crippen LogP contribution is -2.25. The van der Waals surface area contributed by atoms with Crippen molar-refractivity contribution < 1.29 is 9.47 Å². The highest BCUT2D eigenvalue weighted by molar-refractivity contribution is 5.96. The Bertz CT molecular complexity index is 3200. The van der Waals surface area contributed by atoms with Crippen LogP contribution in [0.5, 0.6) is 23.0 Å². The lowest BCUT2D eigenvalue weighted by atomic mass is 9.70. The molecule has 1 aromatic heterocycles. The zero-order valence-corrected chi connectivity index (χ0v) is 32.1. The second kappa shape index (κ2) is 12.2. The van der Waals surface area contributed by atoms with Crippen LogP contribution in [-0.4, -0.2) is 4.57 Å². The average molecular weight is 757 g/mol. The second-order valence-electron chi connectivity index (χ2n) is 15.9. The number of ether oxygens (including phenoxy) is 2. The maximum Gasteiger partial charge on any atom is 0.172 e. The number of aryl methyl sites for hydroxylation is 1. The quantitative estimate of drug-likeness (QED) is 0.179. The molecule has 0 fully saturated rings. The Morgan fingerprint density at radius 1 is 0.458 bits per heavy atom. The van der Waals surface area contributed by atoms with Crippen LogP contribution in [0.3, 0.4) is 0 Å². The molecule has 2 heterocycles. The number of benzene rings is 8. The summed E-state index contributed by atoms with van der Waals surface area (Å²) < 4.78 is 16.1. The van der Waals surface area contributed by atoms with Crippen LogP contribution >= 0.6 is 0 Å². The van der Waals surface area contributed by atoms with Crippen LogP contribution in [0.25, 0.3) is 44.9 Å². The van der Waals surface area contributed by atoms with Crippen LogP contribution in [0, 0.1) is 0 Å². The molecule has 59 heavy (non-hydrogen) atoms. The van der Waals surface area contributed by atoms with Gasteiger partial charge in [0.25, 0.3) is 0 Å². The van der Waals surface area contributed by atoms with Crippen molar-refractivity contribution in [3.8, 4) is 50.9 Å². The van der Waals surface area contributed by atoms with Gasteiger partial charge < -0.3 is 18.9 Å². The van der Waals surface area contributed by atoms with Crippen LogP contribution in [0.15, 0.2) is 188 Å². The molecule has 0 saturated carbocycles. The minimum atomic E-state index is -0.463. The summed E-state index contributed by atoms with van der Waals surface area (Å²) >= 11 is 0. The van der Waals surface area contributed by atoms with Crippen molar-refractivity contribution in [3.63, 3.8) is 0 Å². The highest BCUT2D eigenvalue weighted by atomic mass is 16.6. The van der Waals surface area contributed by atoms with Gasteiger partial charge in [-0.1, -0.05) is 121 Å². The van der Waals surface area contributed by atoms with Crippen molar-refractivity contribution in [2.45, 2.75) is 18.3 Å². The Labute approximate surface area is 342 Å². The van der Waals surface area contributed by atoms with Crippen molar-refractivity contribution in [3.05, 3.63) is 222 Å². The lowest BCUT2D eigenvalue weighted by Gasteiger charge is -2.31. The molecule has 4 aliphatic rings. The molecular formula is C55H36N2O2. The number of fused-ring (bicyclic) bond motifs is 15. The smallest absolute Gasteiger partial charge is 0.172 e. The number of allylic oxidation sites excluding steroid dienone is 1. The summed E-state index contributed by atoms with van der Waals surface area (Å²) in [5.41, 5.74) is 17.7. The Morgan fingerprint density at radius 3 is 1.85 bits per heavy atom. The molecular weight excluding hydrogens is 721 g/mol. The van der Waals surface area contributed by atoms with E-state index >= 15 is 0 Å². The third kappa shape index (κ3) is 4.49. The number of hydrogen-bond donors (Lipinski definition) is 0. The third-order valence-electron chi connectivity index (χ3n) is 12.9. The Balaban J connectivity index is 0.942. The number of rotatable bonds is 4. The van der Waals surface area contributed by atoms with E-state index in [1.165, 1.54) is 66.7 Å². The molecule has 3 aliphatic carbocycles. The molecule has 8 aromatic carbocycles. The van der Waals surface area contributed by atoms with Gasteiger partial charge in [0, 0.05) is 34.2 Å². The number of aromatic nitrogens is 1. The van der Waals surface area contributed by atoms with Gasteiger partial charge in [-0.25, -0.2) is 0 Å². The standard InChI is InChI=1S/C55H36N2O2/c1-2-15-35(16-3-1)56(36-17-14-18-37(31-36)57-49-27-12-7-22-42(49)43-23-8-13-28-50(43)57)38-29-30-51-52(32-38)59-54-34-48-44(33-53(54)58-51)41-21-6-11-26-47(41)55(48)45-24-9-4-19-39(45)40-20-5-10-25-46(40)55/h1-7,9-22,24-34H,8,23H2. The SMILES string of the molecule is C1=Cc2c(c3ccccc3n2-c2cccc(N(c3ccccc3)c3ccc4c(c3)Oc3cc5c(cc3O4)-c3ccccc3C53c4ccccc4-c4ccccc43)c2)CC1. The first-order chi connectivity index (χ1) is 29.3. The first-order valence-corrected chi connectivity index (χ1v) is 20.5. The molecule has 0 saturated heterocycles. The molecule has 1 aliphatic heterocycles. The van der Waals surface area contributed by atoms with E-state index in [2.05, 4.69) is 198 Å². The van der Waals surface area contributed by atoms with Crippen molar-refractivity contribution in [2.75, 3.05) is 4.90 Å². The van der Waals surface area contributed by atoms with Crippen molar-refractivity contribution in [1.82, 2.24) is 4.57 Å². The van der Waals surface area contributed by atoms with E-state index in [1.807, 2.05) is 6.07 Å². The molecule has 0 bridgehead atoms.